The van der Waals surface area contributed by atoms with Gasteiger partial charge in [0.25, 0.3) is 0 Å². The number of hydrogen-bond donors (Lipinski definition) is 1. The van der Waals surface area contributed by atoms with E-state index < -0.39 is 0 Å². The minimum absolute atomic E-state index is 0.217. The third-order valence-electron chi connectivity index (χ3n) is 3.56. The highest BCUT2D eigenvalue weighted by Gasteiger charge is 2.00. The highest BCUT2D eigenvalue weighted by molar-refractivity contribution is 7.78. The van der Waals surface area contributed by atoms with E-state index in [1.54, 1.807) is 5.37 Å². The molecule has 1 nitrogen and oxygen atoms in total. The Bertz CT molecular complexity index is 318. The van der Waals surface area contributed by atoms with Gasteiger partial charge < -0.3 is 5.11 Å². The van der Waals surface area contributed by atoms with Crippen LogP contribution in [0.25, 0.3) is 0 Å². The lowest BCUT2D eigenvalue weighted by Gasteiger charge is -2.06. The molecule has 0 aliphatic rings. The predicted octanol–water partition coefficient (Wildman–Crippen LogP) is 6.33. The molecule has 0 aromatic heterocycles. The maximum atomic E-state index is 9.54. The Morgan fingerprint density at radius 1 is 0.818 bits per heavy atom. The van der Waals surface area contributed by atoms with Gasteiger partial charge in [-0.25, -0.2) is 0 Å². The topological polar surface area (TPSA) is 20.2 Å². The van der Waals surface area contributed by atoms with E-state index in [0.717, 1.165) is 32.1 Å². The van der Waals surface area contributed by atoms with Crippen LogP contribution >= 0.6 is 12.2 Å². The fourth-order valence-corrected chi connectivity index (χ4v) is 2.45. The molecule has 0 rings (SSSR count). The molecule has 0 heterocycles. The lowest BCUT2D eigenvalue weighted by molar-refractivity contribution is 0.170. The molecule has 126 valence electrons. The van der Waals surface area contributed by atoms with Gasteiger partial charge in [-0.1, -0.05) is 81.3 Å². The molecule has 2 heteroatoms. The number of hydrogen-bond acceptors (Lipinski definition) is 2. The lowest BCUT2D eigenvalue weighted by atomic mass is 10.1. The summed E-state index contributed by atoms with van der Waals surface area (Å²) in [6.45, 7) is 2.16. The van der Waals surface area contributed by atoms with Crippen LogP contribution in [0.4, 0.5) is 0 Å². The average molecular weight is 323 g/mol. The number of unbranched alkanes of at least 4 members (excludes halogenated alkanes) is 5. The maximum absolute atomic E-state index is 9.54. The van der Waals surface area contributed by atoms with Crippen LogP contribution in [0.2, 0.25) is 0 Å². The van der Waals surface area contributed by atoms with Crippen molar-refractivity contribution >= 4 is 17.6 Å². The average Bonchev–Trinajstić information content (AvgIpc) is 2.51. The van der Waals surface area contributed by atoms with Gasteiger partial charge in [-0.15, -0.1) is 0 Å². The summed E-state index contributed by atoms with van der Waals surface area (Å²) >= 11 is 4.74. The molecular formula is C20H34OS. The van der Waals surface area contributed by atoms with Crippen molar-refractivity contribution in [1.82, 2.24) is 0 Å². The highest BCUT2D eigenvalue weighted by Crippen LogP contribution is 2.10. The van der Waals surface area contributed by atoms with E-state index >= 15 is 0 Å². The van der Waals surface area contributed by atoms with Crippen molar-refractivity contribution < 1.29 is 5.11 Å². The summed E-state index contributed by atoms with van der Waals surface area (Å²) in [4.78, 5) is 0. The van der Waals surface area contributed by atoms with Gasteiger partial charge in [0.15, 0.2) is 0 Å². The van der Waals surface area contributed by atoms with E-state index in [4.69, 9.17) is 12.2 Å². The molecule has 0 aromatic carbocycles. The molecule has 0 saturated carbocycles. The van der Waals surface area contributed by atoms with Gasteiger partial charge >= 0.3 is 0 Å². The van der Waals surface area contributed by atoms with Crippen LogP contribution in [0, 0.1) is 0 Å². The van der Waals surface area contributed by atoms with Crippen LogP contribution in [0.3, 0.4) is 0 Å². The van der Waals surface area contributed by atoms with Gasteiger partial charge in [0, 0.05) is 6.42 Å². The summed E-state index contributed by atoms with van der Waals surface area (Å²) in [5.41, 5.74) is 0. The zero-order chi connectivity index (χ0) is 16.3. The first-order valence-electron chi connectivity index (χ1n) is 8.88. The summed E-state index contributed by atoms with van der Waals surface area (Å²) in [6.07, 6.45) is 25.4. The fraction of sp³-hybridized carbons (Fsp3) is 0.650. The van der Waals surface area contributed by atoms with Crippen LogP contribution in [0.1, 0.15) is 77.6 Å². The third-order valence-corrected chi connectivity index (χ3v) is 3.75. The van der Waals surface area contributed by atoms with Crippen molar-refractivity contribution in [1.29, 1.82) is 0 Å². The SMILES string of the molecule is CC/C=C\C/C=C\C/C=C\CCCCCCCC(O)CC=S. The Morgan fingerprint density at radius 3 is 2.09 bits per heavy atom. The Hall–Kier alpha value is -0.730. The zero-order valence-corrected chi connectivity index (χ0v) is 15.1. The Balaban J connectivity index is 3.27. The van der Waals surface area contributed by atoms with Crippen molar-refractivity contribution in [2.24, 2.45) is 0 Å². The summed E-state index contributed by atoms with van der Waals surface area (Å²) < 4.78 is 0. The van der Waals surface area contributed by atoms with Gasteiger partial charge in [0.05, 0.1) is 6.10 Å². The number of thiocarbonyl (C=S) groups is 1. The van der Waals surface area contributed by atoms with Gasteiger partial charge in [-0.3, -0.25) is 0 Å². The van der Waals surface area contributed by atoms with Gasteiger partial charge in [-0.05, 0) is 43.9 Å². The second-order valence-electron chi connectivity index (χ2n) is 5.70. The number of aliphatic hydroxyl groups is 1. The van der Waals surface area contributed by atoms with Crippen molar-refractivity contribution in [3.05, 3.63) is 36.5 Å². The van der Waals surface area contributed by atoms with Crippen molar-refractivity contribution in [3.8, 4) is 0 Å². The Kier molecular flexibility index (Phi) is 17.7. The molecule has 0 spiro atoms. The summed E-state index contributed by atoms with van der Waals surface area (Å²) in [6, 6.07) is 0. The molecule has 0 fully saturated rings. The smallest absolute Gasteiger partial charge is 0.0582 e. The van der Waals surface area contributed by atoms with E-state index in [-0.39, 0.29) is 6.10 Å². The quantitative estimate of drug-likeness (QED) is 0.216. The van der Waals surface area contributed by atoms with Crippen LogP contribution < -0.4 is 0 Å². The lowest BCUT2D eigenvalue weighted by Crippen LogP contribution is -2.05. The van der Waals surface area contributed by atoms with E-state index in [1.807, 2.05) is 0 Å². The molecule has 0 aliphatic carbocycles. The van der Waals surface area contributed by atoms with Crippen LogP contribution in [-0.4, -0.2) is 16.6 Å². The first-order valence-corrected chi connectivity index (χ1v) is 9.35. The van der Waals surface area contributed by atoms with Crippen LogP contribution in [0.5, 0.6) is 0 Å². The minimum atomic E-state index is -0.217. The van der Waals surface area contributed by atoms with Crippen molar-refractivity contribution in [3.63, 3.8) is 0 Å². The monoisotopic (exact) mass is 322 g/mol. The largest absolute Gasteiger partial charge is 0.393 e. The summed E-state index contributed by atoms with van der Waals surface area (Å²) in [5, 5.41) is 11.2. The first-order chi connectivity index (χ1) is 10.8. The molecule has 0 saturated heterocycles. The normalized spacial score (nSPS) is 13.5. The second-order valence-corrected chi connectivity index (χ2v) is 6.03. The van der Waals surface area contributed by atoms with E-state index in [2.05, 4.69) is 43.4 Å². The molecule has 0 aliphatic heterocycles. The van der Waals surface area contributed by atoms with E-state index in [9.17, 15) is 5.11 Å². The molecule has 1 N–H and O–H groups in total. The van der Waals surface area contributed by atoms with Crippen LogP contribution in [-0.2, 0) is 0 Å². The predicted molar refractivity (Wildman–Crippen MR) is 104 cm³/mol. The molecule has 0 radical (unpaired) electrons. The molecule has 1 unspecified atom stereocenters. The molecule has 0 aromatic rings. The maximum Gasteiger partial charge on any atom is 0.0582 e. The Morgan fingerprint density at radius 2 is 1.41 bits per heavy atom. The molecule has 0 bridgehead atoms. The Labute approximate surface area is 143 Å². The van der Waals surface area contributed by atoms with E-state index in [0.29, 0.717) is 6.42 Å². The molecule has 1 atom stereocenters. The van der Waals surface area contributed by atoms with Crippen LogP contribution in [0.15, 0.2) is 36.5 Å². The van der Waals surface area contributed by atoms with Gasteiger partial charge in [-0.2, -0.15) is 0 Å². The number of allylic oxidation sites excluding steroid dienone is 6. The minimum Gasteiger partial charge on any atom is -0.393 e. The first kappa shape index (κ1) is 21.3. The molecule has 22 heavy (non-hydrogen) atoms. The zero-order valence-electron chi connectivity index (χ0n) is 14.3. The number of rotatable bonds is 15. The number of aliphatic hydroxyl groups excluding tert-OH is 1. The standard InChI is InChI=1S/C20H34OS/c1-2-3-4-5-6-7-8-9-10-11-12-13-14-15-16-17-20(21)18-19-22/h3-4,6-7,9-10,19-21H,2,5,8,11-18H2,1H3/b4-3-,7-6-,10-9-. The van der Waals surface area contributed by atoms with Gasteiger partial charge in [0.1, 0.15) is 0 Å². The van der Waals surface area contributed by atoms with E-state index in [1.165, 1.54) is 32.1 Å². The molecular weight excluding hydrogens is 288 g/mol. The van der Waals surface area contributed by atoms with Crippen molar-refractivity contribution in [2.75, 3.05) is 0 Å². The summed E-state index contributed by atoms with van der Waals surface area (Å²) in [7, 11) is 0. The molecule has 0 amide bonds. The highest BCUT2D eigenvalue weighted by atomic mass is 32.1. The van der Waals surface area contributed by atoms with Gasteiger partial charge in [0.2, 0.25) is 0 Å². The second kappa shape index (κ2) is 18.3. The third kappa shape index (κ3) is 17.3. The van der Waals surface area contributed by atoms with Crippen molar-refractivity contribution in [2.45, 2.75) is 83.7 Å². The summed E-state index contributed by atoms with van der Waals surface area (Å²) in [5.74, 6) is 0. The fourth-order valence-electron chi connectivity index (χ4n) is 2.23.